The van der Waals surface area contributed by atoms with Crippen LogP contribution in [0.2, 0.25) is 0 Å². The van der Waals surface area contributed by atoms with Gasteiger partial charge in [0.15, 0.2) is 9.84 Å². The highest BCUT2D eigenvalue weighted by Gasteiger charge is 2.23. The lowest BCUT2D eigenvalue weighted by Gasteiger charge is -2.25. The highest BCUT2D eigenvalue weighted by molar-refractivity contribution is 7.91. The van der Waals surface area contributed by atoms with Crippen molar-refractivity contribution in [2.75, 3.05) is 29.5 Å². The molecule has 1 saturated heterocycles. The molecule has 0 bridgehead atoms. The molecule has 1 aliphatic rings. The first kappa shape index (κ1) is 11.8. The smallest absolute Gasteiger partial charge is 0.208 e. The maximum Gasteiger partial charge on any atom is 0.208 e. The van der Waals surface area contributed by atoms with Gasteiger partial charge in [0.05, 0.1) is 11.5 Å². The second-order valence-corrected chi connectivity index (χ2v) is 7.21. The number of hydrogen-bond donors (Lipinski definition) is 0. The third-order valence-electron chi connectivity index (χ3n) is 2.53. The maximum absolute atomic E-state index is 11.3. The molecule has 0 spiro atoms. The normalized spacial score (nSPS) is 19.9. The van der Waals surface area contributed by atoms with Crippen molar-refractivity contribution in [3.05, 3.63) is 5.01 Å². The van der Waals surface area contributed by atoms with E-state index >= 15 is 0 Å². The summed E-state index contributed by atoms with van der Waals surface area (Å²) in [7, 11) is -2.81. The molecule has 5 nitrogen and oxygen atoms in total. The van der Waals surface area contributed by atoms with Crippen LogP contribution < -0.4 is 4.90 Å². The summed E-state index contributed by atoms with van der Waals surface area (Å²) in [5.41, 5.74) is 0. The van der Waals surface area contributed by atoms with Gasteiger partial charge in [-0.1, -0.05) is 18.3 Å². The minimum Gasteiger partial charge on any atom is -0.345 e. The van der Waals surface area contributed by atoms with Crippen LogP contribution in [0.5, 0.6) is 0 Å². The van der Waals surface area contributed by atoms with E-state index in [1.165, 1.54) is 0 Å². The van der Waals surface area contributed by atoms with Gasteiger partial charge >= 0.3 is 0 Å². The molecule has 16 heavy (non-hydrogen) atoms. The molecule has 1 aliphatic heterocycles. The van der Waals surface area contributed by atoms with Gasteiger partial charge in [-0.05, 0) is 6.42 Å². The summed E-state index contributed by atoms with van der Waals surface area (Å²) in [5, 5.41) is 10.1. The van der Waals surface area contributed by atoms with E-state index in [-0.39, 0.29) is 11.5 Å². The first-order chi connectivity index (χ1) is 7.61. The van der Waals surface area contributed by atoms with Crippen molar-refractivity contribution in [3.63, 3.8) is 0 Å². The van der Waals surface area contributed by atoms with Crippen LogP contribution in [0.25, 0.3) is 0 Å². The van der Waals surface area contributed by atoms with Gasteiger partial charge in [0.2, 0.25) is 5.13 Å². The predicted molar refractivity (Wildman–Crippen MR) is 64.8 cm³/mol. The van der Waals surface area contributed by atoms with Crippen molar-refractivity contribution in [2.45, 2.75) is 19.8 Å². The van der Waals surface area contributed by atoms with E-state index in [1.807, 2.05) is 4.90 Å². The quantitative estimate of drug-likeness (QED) is 0.802. The summed E-state index contributed by atoms with van der Waals surface area (Å²) in [6, 6.07) is 0. The summed E-state index contributed by atoms with van der Waals surface area (Å²) in [5.74, 6) is 0.464. The Kier molecular flexibility index (Phi) is 3.44. The lowest BCUT2D eigenvalue weighted by molar-refractivity contribution is 0.586. The summed E-state index contributed by atoms with van der Waals surface area (Å²) >= 11 is 1.57. The molecule has 0 N–H and O–H groups in total. The zero-order valence-electron chi connectivity index (χ0n) is 9.22. The summed E-state index contributed by atoms with van der Waals surface area (Å²) in [4.78, 5) is 2.01. The van der Waals surface area contributed by atoms with Crippen LogP contribution in [-0.4, -0.2) is 43.2 Å². The number of aryl methyl sites for hydroxylation is 1. The van der Waals surface area contributed by atoms with Gasteiger partial charge < -0.3 is 4.90 Å². The Balaban J connectivity index is 2.02. The van der Waals surface area contributed by atoms with Gasteiger partial charge in [-0.3, -0.25) is 0 Å². The van der Waals surface area contributed by atoms with Crippen LogP contribution in [0.1, 0.15) is 18.4 Å². The minimum atomic E-state index is -2.81. The summed E-state index contributed by atoms with van der Waals surface area (Å²) < 4.78 is 22.6. The van der Waals surface area contributed by atoms with Gasteiger partial charge in [-0.15, -0.1) is 10.2 Å². The van der Waals surface area contributed by atoms with Crippen molar-refractivity contribution in [1.82, 2.24) is 10.2 Å². The Morgan fingerprint density at radius 1 is 1.31 bits per heavy atom. The number of sulfone groups is 1. The minimum absolute atomic E-state index is 0.232. The SMILES string of the molecule is CCCc1nnc(N2CCS(=O)(=O)CC2)s1. The lowest BCUT2D eigenvalue weighted by Crippen LogP contribution is -2.40. The molecule has 0 aromatic carbocycles. The maximum atomic E-state index is 11.3. The molecule has 2 rings (SSSR count). The van der Waals surface area contributed by atoms with Crippen molar-refractivity contribution in [3.8, 4) is 0 Å². The fourth-order valence-electron chi connectivity index (χ4n) is 1.59. The van der Waals surface area contributed by atoms with E-state index in [1.54, 1.807) is 11.3 Å². The zero-order chi connectivity index (χ0) is 11.6. The monoisotopic (exact) mass is 261 g/mol. The Morgan fingerprint density at radius 3 is 2.62 bits per heavy atom. The Bertz CT molecular complexity index is 441. The molecular weight excluding hydrogens is 246 g/mol. The third kappa shape index (κ3) is 2.70. The summed E-state index contributed by atoms with van der Waals surface area (Å²) in [6.07, 6.45) is 2.01. The number of aromatic nitrogens is 2. The average Bonchev–Trinajstić information content (AvgIpc) is 2.67. The van der Waals surface area contributed by atoms with Crippen LogP contribution >= 0.6 is 11.3 Å². The topological polar surface area (TPSA) is 63.2 Å². The molecule has 0 saturated carbocycles. The third-order valence-corrected chi connectivity index (χ3v) is 5.19. The Morgan fingerprint density at radius 2 is 2.00 bits per heavy atom. The summed E-state index contributed by atoms with van der Waals surface area (Å²) in [6.45, 7) is 3.20. The van der Waals surface area contributed by atoms with Gasteiger partial charge in [-0.2, -0.15) is 0 Å². The van der Waals surface area contributed by atoms with Crippen LogP contribution in [0.3, 0.4) is 0 Å². The van der Waals surface area contributed by atoms with Gasteiger partial charge in [0.25, 0.3) is 0 Å². The van der Waals surface area contributed by atoms with Crippen molar-refractivity contribution >= 4 is 26.3 Å². The molecule has 0 aliphatic carbocycles. The van der Waals surface area contributed by atoms with E-state index in [0.717, 1.165) is 23.0 Å². The predicted octanol–water partition coefficient (Wildman–Crippen LogP) is 0.725. The molecule has 1 aromatic heterocycles. The molecule has 1 aromatic rings. The first-order valence-corrected chi connectivity index (χ1v) is 8.02. The molecule has 0 atom stereocenters. The molecule has 2 heterocycles. The van der Waals surface area contributed by atoms with E-state index in [2.05, 4.69) is 17.1 Å². The van der Waals surface area contributed by atoms with Gasteiger partial charge in [0.1, 0.15) is 5.01 Å². The van der Waals surface area contributed by atoms with Crippen LogP contribution in [0, 0.1) is 0 Å². The molecule has 1 fully saturated rings. The fourth-order valence-corrected chi connectivity index (χ4v) is 3.78. The van der Waals surface area contributed by atoms with Gasteiger partial charge in [0, 0.05) is 19.5 Å². The van der Waals surface area contributed by atoms with Crippen molar-refractivity contribution in [2.24, 2.45) is 0 Å². The van der Waals surface area contributed by atoms with Gasteiger partial charge in [-0.25, -0.2) is 8.42 Å². The van der Waals surface area contributed by atoms with Crippen LogP contribution in [0.15, 0.2) is 0 Å². The van der Waals surface area contributed by atoms with E-state index < -0.39 is 9.84 Å². The molecule has 0 amide bonds. The number of hydrogen-bond acceptors (Lipinski definition) is 6. The Hall–Kier alpha value is -0.690. The average molecular weight is 261 g/mol. The van der Waals surface area contributed by atoms with Crippen molar-refractivity contribution < 1.29 is 8.42 Å². The highest BCUT2D eigenvalue weighted by Crippen LogP contribution is 2.22. The van der Waals surface area contributed by atoms with E-state index in [9.17, 15) is 8.42 Å². The standard InChI is InChI=1S/C9H15N3O2S2/c1-2-3-8-10-11-9(15-8)12-4-6-16(13,14)7-5-12/h2-7H2,1H3. The molecular formula is C9H15N3O2S2. The Labute approximate surface area is 99.4 Å². The highest BCUT2D eigenvalue weighted by atomic mass is 32.2. The molecule has 0 unspecified atom stereocenters. The lowest BCUT2D eigenvalue weighted by atomic mass is 10.4. The second kappa shape index (κ2) is 4.67. The van der Waals surface area contributed by atoms with Crippen LogP contribution in [-0.2, 0) is 16.3 Å². The number of rotatable bonds is 3. The molecule has 90 valence electrons. The number of nitrogens with zero attached hydrogens (tertiary/aromatic N) is 3. The second-order valence-electron chi connectivity index (χ2n) is 3.87. The molecule has 0 radical (unpaired) electrons. The van der Waals surface area contributed by atoms with E-state index in [4.69, 9.17) is 0 Å². The molecule has 7 heteroatoms. The van der Waals surface area contributed by atoms with E-state index in [0.29, 0.717) is 13.1 Å². The van der Waals surface area contributed by atoms with Crippen LogP contribution in [0.4, 0.5) is 5.13 Å². The fraction of sp³-hybridized carbons (Fsp3) is 0.778. The van der Waals surface area contributed by atoms with Crippen molar-refractivity contribution in [1.29, 1.82) is 0 Å². The largest absolute Gasteiger partial charge is 0.345 e. The first-order valence-electron chi connectivity index (χ1n) is 5.38. The number of anilines is 1. The zero-order valence-corrected chi connectivity index (χ0v) is 10.9.